The minimum Gasteiger partial charge on any atom is -0.494 e. The molecule has 1 aliphatic rings. The molecule has 1 aliphatic carbocycles. The van der Waals surface area contributed by atoms with Crippen molar-refractivity contribution in [3.63, 3.8) is 0 Å². The highest BCUT2D eigenvalue weighted by Crippen LogP contribution is 2.25. The topological polar surface area (TPSA) is 75.7 Å². The molecule has 1 aromatic carbocycles. The zero-order chi connectivity index (χ0) is 19.2. The van der Waals surface area contributed by atoms with Gasteiger partial charge in [0.15, 0.2) is 0 Å². The first kappa shape index (κ1) is 20.6. The van der Waals surface area contributed by atoms with Crippen LogP contribution in [0.5, 0.6) is 5.75 Å². The van der Waals surface area contributed by atoms with E-state index >= 15 is 0 Å². The number of hydrogen-bond donors (Lipinski definition) is 1. The van der Waals surface area contributed by atoms with Crippen LogP contribution in [0.3, 0.4) is 0 Å². The fourth-order valence-electron chi connectivity index (χ4n) is 3.45. The van der Waals surface area contributed by atoms with Crippen molar-refractivity contribution in [2.45, 2.75) is 52.0 Å². The second kappa shape index (κ2) is 9.26. The number of benzene rings is 1. The third-order valence-electron chi connectivity index (χ3n) is 4.78. The van der Waals surface area contributed by atoms with Gasteiger partial charge in [-0.15, -0.1) is 0 Å². The molecule has 7 heteroatoms. The largest absolute Gasteiger partial charge is 0.494 e. The van der Waals surface area contributed by atoms with Crippen LogP contribution in [-0.4, -0.2) is 39.8 Å². The van der Waals surface area contributed by atoms with E-state index in [1.54, 1.807) is 31.2 Å². The first-order valence-electron chi connectivity index (χ1n) is 9.33. The molecule has 6 nitrogen and oxygen atoms in total. The van der Waals surface area contributed by atoms with Crippen LogP contribution in [0.4, 0.5) is 5.69 Å². The van der Waals surface area contributed by atoms with Gasteiger partial charge < -0.3 is 10.1 Å². The highest BCUT2D eigenvalue weighted by atomic mass is 32.2. The number of sulfonamides is 1. The third kappa shape index (κ3) is 5.62. The van der Waals surface area contributed by atoms with Crippen LogP contribution in [0.25, 0.3) is 0 Å². The molecule has 1 atom stereocenters. The zero-order valence-electron chi connectivity index (χ0n) is 15.9. The average molecular weight is 383 g/mol. The lowest BCUT2D eigenvalue weighted by molar-refractivity contribution is -0.122. The number of ether oxygens (including phenoxy) is 1. The molecule has 0 aliphatic heterocycles. The van der Waals surface area contributed by atoms with Crippen LogP contribution in [-0.2, 0) is 14.8 Å². The van der Waals surface area contributed by atoms with E-state index < -0.39 is 16.1 Å². The summed E-state index contributed by atoms with van der Waals surface area (Å²) in [5.41, 5.74) is 0.455. The van der Waals surface area contributed by atoms with Gasteiger partial charge in [-0.05, 0) is 56.9 Å². The summed E-state index contributed by atoms with van der Waals surface area (Å²) in [6.45, 7) is 4.66. The summed E-state index contributed by atoms with van der Waals surface area (Å²) in [4.78, 5) is 12.6. The Labute approximate surface area is 157 Å². The summed E-state index contributed by atoms with van der Waals surface area (Å²) in [6, 6.07) is 5.94. The fraction of sp³-hybridized carbons (Fsp3) is 0.632. The lowest BCUT2D eigenvalue weighted by atomic mass is 9.89. The van der Waals surface area contributed by atoms with Crippen molar-refractivity contribution >= 4 is 21.6 Å². The maximum atomic E-state index is 12.6. The van der Waals surface area contributed by atoms with Gasteiger partial charge in [-0.3, -0.25) is 9.10 Å². The monoisotopic (exact) mass is 382 g/mol. The van der Waals surface area contributed by atoms with Crippen molar-refractivity contribution < 1.29 is 17.9 Å². The molecule has 0 heterocycles. The quantitative estimate of drug-likeness (QED) is 0.750. The summed E-state index contributed by atoms with van der Waals surface area (Å²) in [6.07, 6.45) is 7.05. The number of carbonyl (C=O) groups is 1. The summed E-state index contributed by atoms with van der Waals surface area (Å²) in [5, 5.41) is 2.94. The Bertz CT molecular complexity index is 682. The van der Waals surface area contributed by atoms with E-state index in [0.29, 0.717) is 30.5 Å². The Hall–Kier alpha value is -1.76. The summed E-state index contributed by atoms with van der Waals surface area (Å²) >= 11 is 0. The van der Waals surface area contributed by atoms with Gasteiger partial charge in [-0.25, -0.2) is 8.42 Å². The van der Waals surface area contributed by atoms with E-state index in [9.17, 15) is 13.2 Å². The van der Waals surface area contributed by atoms with E-state index in [0.717, 1.165) is 19.1 Å². The first-order valence-corrected chi connectivity index (χ1v) is 11.2. The van der Waals surface area contributed by atoms with E-state index in [1.807, 2.05) is 6.92 Å². The molecule has 0 radical (unpaired) electrons. The molecule has 1 amide bonds. The second-order valence-corrected chi connectivity index (χ2v) is 8.77. The van der Waals surface area contributed by atoms with E-state index in [1.165, 1.54) is 23.6 Å². The maximum absolute atomic E-state index is 12.6. The predicted molar refractivity (Wildman–Crippen MR) is 104 cm³/mol. The number of anilines is 1. The highest BCUT2D eigenvalue weighted by Gasteiger charge is 2.29. The number of amides is 1. The summed E-state index contributed by atoms with van der Waals surface area (Å²) < 4.78 is 31.2. The van der Waals surface area contributed by atoms with Gasteiger partial charge >= 0.3 is 0 Å². The van der Waals surface area contributed by atoms with Crippen LogP contribution >= 0.6 is 0 Å². The van der Waals surface area contributed by atoms with Gasteiger partial charge in [0.05, 0.1) is 18.6 Å². The van der Waals surface area contributed by atoms with Crippen LogP contribution in [0, 0.1) is 5.92 Å². The van der Waals surface area contributed by atoms with E-state index in [4.69, 9.17) is 4.74 Å². The second-order valence-electron chi connectivity index (χ2n) is 6.91. The molecule has 1 fully saturated rings. The molecular formula is C19H30N2O4S. The molecule has 1 saturated carbocycles. The van der Waals surface area contributed by atoms with E-state index in [-0.39, 0.29) is 5.91 Å². The number of hydrogen-bond acceptors (Lipinski definition) is 4. The summed E-state index contributed by atoms with van der Waals surface area (Å²) in [5.74, 6) is 0.894. The van der Waals surface area contributed by atoms with E-state index in [2.05, 4.69) is 5.32 Å². The maximum Gasteiger partial charge on any atom is 0.243 e. The lowest BCUT2D eigenvalue weighted by Crippen LogP contribution is -2.48. The summed E-state index contributed by atoms with van der Waals surface area (Å²) in [7, 11) is -3.60. The molecule has 0 bridgehead atoms. The SMILES string of the molecule is CCOc1ccc(N([C@@H](C)C(=O)NCC2CCCCC2)S(C)(=O)=O)cc1. The Balaban J connectivity index is 2.08. The lowest BCUT2D eigenvalue weighted by Gasteiger charge is -2.29. The smallest absolute Gasteiger partial charge is 0.243 e. The van der Waals surface area contributed by atoms with Crippen molar-refractivity contribution in [1.29, 1.82) is 0 Å². The van der Waals surface area contributed by atoms with Gasteiger partial charge in [-0.2, -0.15) is 0 Å². The molecule has 1 aromatic rings. The fourth-order valence-corrected chi connectivity index (χ4v) is 4.62. The molecule has 0 spiro atoms. The number of rotatable bonds is 8. The molecule has 1 N–H and O–H groups in total. The first-order chi connectivity index (χ1) is 12.3. The number of nitrogens with one attached hydrogen (secondary N) is 1. The van der Waals surface area contributed by atoms with Gasteiger partial charge in [0.2, 0.25) is 15.9 Å². The highest BCUT2D eigenvalue weighted by molar-refractivity contribution is 7.92. The van der Waals surface area contributed by atoms with Crippen LogP contribution < -0.4 is 14.4 Å². The Morgan fingerprint density at radius 1 is 1.23 bits per heavy atom. The standard InChI is InChI=1S/C19H30N2O4S/c1-4-25-18-12-10-17(11-13-18)21(26(3,23)24)15(2)19(22)20-14-16-8-6-5-7-9-16/h10-13,15-16H,4-9,14H2,1-3H3,(H,20,22)/t15-/m0/s1. The molecule has 0 unspecified atom stereocenters. The van der Waals surface area contributed by atoms with Crippen molar-refractivity contribution in [1.82, 2.24) is 5.32 Å². The minimum atomic E-state index is -3.60. The van der Waals surface area contributed by atoms with Gasteiger partial charge in [0, 0.05) is 6.54 Å². The van der Waals surface area contributed by atoms with Crippen molar-refractivity contribution in [3.8, 4) is 5.75 Å². The predicted octanol–water partition coefficient (Wildman–Crippen LogP) is 2.94. The minimum absolute atomic E-state index is 0.269. The van der Waals surface area contributed by atoms with Crippen molar-refractivity contribution in [2.24, 2.45) is 5.92 Å². The molecular weight excluding hydrogens is 352 g/mol. The normalized spacial score (nSPS) is 16.7. The van der Waals surface area contributed by atoms with Crippen molar-refractivity contribution in [3.05, 3.63) is 24.3 Å². The molecule has 0 saturated heterocycles. The molecule has 2 rings (SSSR count). The Kier molecular flexibility index (Phi) is 7.32. The van der Waals surface area contributed by atoms with Gasteiger partial charge in [0.1, 0.15) is 11.8 Å². The molecule has 26 heavy (non-hydrogen) atoms. The Morgan fingerprint density at radius 2 is 1.85 bits per heavy atom. The number of nitrogens with zero attached hydrogens (tertiary/aromatic N) is 1. The third-order valence-corrected chi connectivity index (χ3v) is 6.02. The van der Waals surface area contributed by atoms with Gasteiger partial charge in [0.25, 0.3) is 0 Å². The van der Waals surface area contributed by atoms with Gasteiger partial charge in [-0.1, -0.05) is 19.3 Å². The molecule has 146 valence electrons. The van der Waals surface area contributed by atoms with Crippen LogP contribution in [0.15, 0.2) is 24.3 Å². The average Bonchev–Trinajstić information content (AvgIpc) is 2.61. The molecule has 0 aromatic heterocycles. The Morgan fingerprint density at radius 3 is 2.38 bits per heavy atom. The van der Waals surface area contributed by atoms with Crippen molar-refractivity contribution in [2.75, 3.05) is 23.7 Å². The zero-order valence-corrected chi connectivity index (χ0v) is 16.7. The van der Waals surface area contributed by atoms with Crippen LogP contribution in [0.1, 0.15) is 46.0 Å². The van der Waals surface area contributed by atoms with Crippen LogP contribution in [0.2, 0.25) is 0 Å². The number of carbonyl (C=O) groups excluding carboxylic acids is 1.